The summed E-state index contributed by atoms with van der Waals surface area (Å²) in [5.41, 5.74) is 0.461. The summed E-state index contributed by atoms with van der Waals surface area (Å²) in [5, 5.41) is 3.90. The zero-order valence-corrected chi connectivity index (χ0v) is 13.8. The van der Waals surface area contributed by atoms with E-state index in [0.717, 1.165) is 10.1 Å². The van der Waals surface area contributed by atoms with Gasteiger partial charge in [-0.2, -0.15) is 8.78 Å². The largest absolute Gasteiger partial charge is 0.434 e. The van der Waals surface area contributed by atoms with E-state index in [-0.39, 0.29) is 18.2 Å². The molecule has 3 rings (SSSR count). The first-order valence-electron chi connectivity index (χ1n) is 7.04. The normalized spacial score (nSPS) is 11.0. The van der Waals surface area contributed by atoms with Crippen LogP contribution in [0.25, 0.3) is 10.1 Å². The molecule has 0 aliphatic carbocycles. The van der Waals surface area contributed by atoms with Crippen LogP contribution in [0.1, 0.15) is 15.2 Å². The van der Waals surface area contributed by atoms with Crippen molar-refractivity contribution in [3.8, 4) is 5.75 Å². The van der Waals surface area contributed by atoms with Gasteiger partial charge in [0.15, 0.2) is 0 Å². The number of hydrogen-bond acceptors (Lipinski definition) is 3. The van der Waals surface area contributed by atoms with Gasteiger partial charge in [0.1, 0.15) is 10.6 Å². The van der Waals surface area contributed by atoms with E-state index in [9.17, 15) is 13.6 Å². The minimum atomic E-state index is -2.92. The number of thiophene rings is 1. The van der Waals surface area contributed by atoms with Gasteiger partial charge >= 0.3 is 6.61 Å². The van der Waals surface area contributed by atoms with Crippen LogP contribution in [0.2, 0.25) is 5.02 Å². The van der Waals surface area contributed by atoms with Gasteiger partial charge in [0.2, 0.25) is 0 Å². The minimum Gasteiger partial charge on any atom is -0.434 e. The molecule has 3 nitrogen and oxygen atoms in total. The van der Waals surface area contributed by atoms with E-state index in [1.54, 1.807) is 18.2 Å². The average Bonchev–Trinajstić information content (AvgIpc) is 2.91. The molecule has 0 radical (unpaired) electrons. The fraction of sp³-hybridized carbons (Fsp3) is 0.118. The SMILES string of the molecule is O=C(NCc1ccccc1OC(F)F)c1sc2ccccc2c1Cl. The van der Waals surface area contributed by atoms with Gasteiger partial charge in [0.25, 0.3) is 5.91 Å². The molecule has 0 atom stereocenters. The van der Waals surface area contributed by atoms with Crippen molar-refractivity contribution in [1.82, 2.24) is 5.32 Å². The Balaban J connectivity index is 1.77. The summed E-state index contributed by atoms with van der Waals surface area (Å²) in [7, 11) is 0. The van der Waals surface area contributed by atoms with Gasteiger partial charge in [-0.1, -0.05) is 48.0 Å². The van der Waals surface area contributed by atoms with Crippen molar-refractivity contribution >= 4 is 38.9 Å². The van der Waals surface area contributed by atoms with Crippen molar-refractivity contribution in [1.29, 1.82) is 0 Å². The molecule has 0 bridgehead atoms. The molecule has 124 valence electrons. The van der Waals surface area contributed by atoms with Crippen LogP contribution in [0.5, 0.6) is 5.75 Å². The maximum Gasteiger partial charge on any atom is 0.387 e. The van der Waals surface area contributed by atoms with Crippen molar-refractivity contribution in [3.05, 3.63) is 64.0 Å². The highest BCUT2D eigenvalue weighted by Crippen LogP contribution is 2.35. The molecule has 1 heterocycles. The lowest BCUT2D eigenvalue weighted by molar-refractivity contribution is -0.0504. The van der Waals surface area contributed by atoms with Crippen LogP contribution >= 0.6 is 22.9 Å². The zero-order valence-electron chi connectivity index (χ0n) is 12.3. The Morgan fingerprint density at radius 3 is 2.62 bits per heavy atom. The molecule has 1 aromatic heterocycles. The molecule has 1 amide bonds. The number of hydrogen-bond donors (Lipinski definition) is 1. The quantitative estimate of drug-likeness (QED) is 0.682. The molecular weight excluding hydrogens is 356 g/mol. The molecule has 7 heteroatoms. The van der Waals surface area contributed by atoms with Gasteiger partial charge in [0.05, 0.1) is 5.02 Å². The first kappa shape index (κ1) is 16.7. The highest BCUT2D eigenvalue weighted by atomic mass is 35.5. The fourth-order valence-electron chi connectivity index (χ4n) is 2.28. The number of fused-ring (bicyclic) bond motifs is 1. The Labute approximate surface area is 145 Å². The number of para-hydroxylation sites is 1. The number of rotatable bonds is 5. The Bertz CT molecular complexity index is 882. The second-order valence-corrected chi connectivity index (χ2v) is 6.34. The highest BCUT2D eigenvalue weighted by Gasteiger charge is 2.17. The molecule has 24 heavy (non-hydrogen) atoms. The number of benzene rings is 2. The second kappa shape index (κ2) is 7.15. The van der Waals surface area contributed by atoms with E-state index in [1.807, 2.05) is 24.3 Å². The van der Waals surface area contributed by atoms with Crippen LogP contribution < -0.4 is 10.1 Å². The van der Waals surface area contributed by atoms with Gasteiger partial charge in [-0.05, 0) is 12.1 Å². The molecule has 0 aliphatic heterocycles. The molecule has 0 aliphatic rings. The molecule has 0 spiro atoms. The van der Waals surface area contributed by atoms with Crippen LogP contribution in [-0.4, -0.2) is 12.5 Å². The lowest BCUT2D eigenvalue weighted by Gasteiger charge is -2.11. The van der Waals surface area contributed by atoms with E-state index in [2.05, 4.69) is 10.1 Å². The third kappa shape index (κ3) is 3.49. The molecular formula is C17H12ClF2NO2S. The zero-order chi connectivity index (χ0) is 17.1. The third-order valence-corrected chi connectivity index (χ3v) is 5.04. The predicted molar refractivity (Wildman–Crippen MR) is 91.1 cm³/mol. The Hall–Kier alpha value is -2.18. The first-order valence-corrected chi connectivity index (χ1v) is 8.23. The fourth-order valence-corrected chi connectivity index (χ4v) is 3.71. The van der Waals surface area contributed by atoms with Gasteiger partial charge < -0.3 is 10.1 Å². The van der Waals surface area contributed by atoms with Crippen LogP contribution in [0.4, 0.5) is 8.78 Å². The Kier molecular flexibility index (Phi) is 4.97. The van der Waals surface area contributed by atoms with Crippen molar-refractivity contribution in [2.45, 2.75) is 13.2 Å². The van der Waals surface area contributed by atoms with Crippen molar-refractivity contribution in [2.75, 3.05) is 0 Å². The number of halogens is 3. The van der Waals surface area contributed by atoms with E-state index in [1.165, 1.54) is 17.4 Å². The maximum absolute atomic E-state index is 12.4. The number of alkyl halides is 2. The smallest absolute Gasteiger partial charge is 0.387 e. The molecule has 3 aromatic rings. The highest BCUT2D eigenvalue weighted by molar-refractivity contribution is 7.21. The van der Waals surface area contributed by atoms with Gasteiger partial charge in [-0.15, -0.1) is 11.3 Å². The number of amides is 1. The van der Waals surface area contributed by atoms with Crippen LogP contribution in [-0.2, 0) is 6.54 Å². The van der Waals surface area contributed by atoms with Crippen LogP contribution in [0, 0.1) is 0 Å². The minimum absolute atomic E-state index is 0.0373. The molecule has 0 unspecified atom stereocenters. The summed E-state index contributed by atoms with van der Waals surface area (Å²) in [6, 6.07) is 13.8. The van der Waals surface area contributed by atoms with Crippen LogP contribution in [0.15, 0.2) is 48.5 Å². The van der Waals surface area contributed by atoms with E-state index >= 15 is 0 Å². The first-order chi connectivity index (χ1) is 11.6. The van der Waals surface area contributed by atoms with Gasteiger partial charge in [-0.25, -0.2) is 0 Å². The second-order valence-electron chi connectivity index (χ2n) is 4.91. The molecule has 0 saturated heterocycles. The van der Waals surface area contributed by atoms with Crippen LogP contribution in [0.3, 0.4) is 0 Å². The summed E-state index contributed by atoms with van der Waals surface area (Å²) in [5.74, 6) is -0.316. The summed E-state index contributed by atoms with van der Waals surface area (Å²) in [4.78, 5) is 12.8. The lowest BCUT2D eigenvalue weighted by atomic mass is 10.2. The van der Waals surface area contributed by atoms with Crippen molar-refractivity contribution in [2.24, 2.45) is 0 Å². The summed E-state index contributed by atoms with van der Waals surface area (Å²) < 4.78 is 30.2. The topological polar surface area (TPSA) is 38.3 Å². The standard InChI is InChI=1S/C17H12ClF2NO2S/c18-14-11-6-2-4-8-13(11)24-15(14)16(22)21-9-10-5-1-3-7-12(10)23-17(19)20/h1-8,17H,9H2,(H,21,22). The molecule has 2 aromatic carbocycles. The van der Waals surface area contributed by atoms with Gasteiger partial charge in [0, 0.05) is 22.2 Å². The van der Waals surface area contributed by atoms with Gasteiger partial charge in [-0.3, -0.25) is 4.79 Å². The van der Waals surface area contributed by atoms with E-state index < -0.39 is 6.61 Å². The maximum atomic E-state index is 12.4. The predicted octanol–water partition coefficient (Wildman–Crippen LogP) is 5.09. The number of ether oxygens (including phenoxy) is 1. The molecule has 0 fully saturated rings. The summed E-state index contributed by atoms with van der Waals surface area (Å²) in [6.45, 7) is -2.86. The van der Waals surface area contributed by atoms with Crippen molar-refractivity contribution in [3.63, 3.8) is 0 Å². The number of nitrogens with one attached hydrogen (secondary N) is 1. The Morgan fingerprint density at radius 1 is 1.17 bits per heavy atom. The average molecular weight is 368 g/mol. The number of carbonyl (C=O) groups excluding carboxylic acids is 1. The van der Waals surface area contributed by atoms with E-state index in [0.29, 0.717) is 15.5 Å². The van der Waals surface area contributed by atoms with E-state index in [4.69, 9.17) is 11.6 Å². The Morgan fingerprint density at radius 2 is 1.88 bits per heavy atom. The molecule has 1 N–H and O–H groups in total. The monoisotopic (exact) mass is 367 g/mol. The van der Waals surface area contributed by atoms with Crippen molar-refractivity contribution < 1.29 is 18.3 Å². The number of carbonyl (C=O) groups is 1. The molecule has 0 saturated carbocycles. The summed E-state index contributed by atoms with van der Waals surface area (Å²) >= 11 is 7.55. The third-order valence-electron chi connectivity index (χ3n) is 3.37. The lowest BCUT2D eigenvalue weighted by Crippen LogP contribution is -2.22. The summed E-state index contributed by atoms with van der Waals surface area (Å²) in [6.07, 6.45) is 0.